The second-order valence-electron chi connectivity index (χ2n) is 4.53. The van der Waals surface area contributed by atoms with Gasteiger partial charge in [-0.1, -0.05) is 0 Å². The lowest BCUT2D eigenvalue weighted by molar-refractivity contribution is -0.130. The summed E-state index contributed by atoms with van der Waals surface area (Å²) in [5.41, 5.74) is 0. The van der Waals surface area contributed by atoms with E-state index in [-0.39, 0.29) is 24.8 Å². The van der Waals surface area contributed by atoms with Gasteiger partial charge in [0.05, 0.1) is 0 Å². The predicted molar refractivity (Wildman–Crippen MR) is 53.1 cm³/mol. The first-order valence-electron chi connectivity index (χ1n) is 5.22. The number of rotatable bonds is 1. The Hall–Kier alpha value is -0.380. The molecule has 5 heteroatoms. The SMILES string of the molecule is C[C@H](Cl)C(=O)N1C[C@@H]2CCC(F)(F)[C@H]2C1. The van der Waals surface area contributed by atoms with E-state index in [1.54, 1.807) is 6.92 Å². The van der Waals surface area contributed by atoms with Crippen LogP contribution in [0, 0.1) is 11.8 Å². The van der Waals surface area contributed by atoms with Gasteiger partial charge in [-0.25, -0.2) is 8.78 Å². The lowest BCUT2D eigenvalue weighted by Crippen LogP contribution is -2.36. The van der Waals surface area contributed by atoms with Crippen molar-refractivity contribution < 1.29 is 13.6 Å². The highest BCUT2D eigenvalue weighted by Gasteiger charge is 2.54. The van der Waals surface area contributed by atoms with Crippen LogP contribution in [0.25, 0.3) is 0 Å². The number of likely N-dealkylation sites (tertiary alicyclic amines) is 1. The van der Waals surface area contributed by atoms with Crippen LogP contribution in [0.1, 0.15) is 19.8 Å². The first kappa shape index (κ1) is 11.1. The van der Waals surface area contributed by atoms with E-state index in [1.807, 2.05) is 0 Å². The Bertz CT molecular complexity index is 283. The maximum absolute atomic E-state index is 13.4. The molecule has 3 atom stereocenters. The summed E-state index contributed by atoms with van der Waals surface area (Å²) in [4.78, 5) is 13.0. The number of carbonyl (C=O) groups is 1. The van der Waals surface area contributed by atoms with Gasteiger partial charge in [0.2, 0.25) is 5.91 Å². The summed E-state index contributed by atoms with van der Waals surface area (Å²) < 4.78 is 26.7. The van der Waals surface area contributed by atoms with Crippen molar-refractivity contribution in [2.75, 3.05) is 13.1 Å². The molecule has 86 valence electrons. The van der Waals surface area contributed by atoms with Crippen molar-refractivity contribution in [2.24, 2.45) is 11.8 Å². The standard InChI is InChI=1S/C10H14ClF2NO/c1-6(11)9(15)14-4-7-2-3-10(12,13)8(7)5-14/h6-8H,2-5H2,1H3/t6-,7-,8-/m0/s1. The van der Waals surface area contributed by atoms with Gasteiger partial charge in [-0.2, -0.15) is 0 Å². The number of amides is 1. The lowest BCUT2D eigenvalue weighted by atomic mass is 9.99. The summed E-state index contributed by atoms with van der Waals surface area (Å²) in [5.74, 6) is -3.48. The number of halogens is 3. The highest BCUT2D eigenvalue weighted by molar-refractivity contribution is 6.30. The summed E-state index contributed by atoms with van der Waals surface area (Å²) in [7, 11) is 0. The Balaban J connectivity index is 2.05. The van der Waals surface area contributed by atoms with E-state index in [2.05, 4.69) is 0 Å². The Morgan fingerprint density at radius 1 is 1.53 bits per heavy atom. The fourth-order valence-electron chi connectivity index (χ4n) is 2.64. The molecular formula is C10H14ClF2NO. The molecule has 1 heterocycles. The summed E-state index contributed by atoms with van der Waals surface area (Å²) in [6.45, 7) is 2.21. The first-order chi connectivity index (χ1) is 6.92. The van der Waals surface area contributed by atoms with Crippen LogP contribution in [-0.2, 0) is 4.79 Å². The molecule has 0 bridgehead atoms. The van der Waals surface area contributed by atoms with Crippen molar-refractivity contribution in [3.63, 3.8) is 0 Å². The summed E-state index contributed by atoms with van der Waals surface area (Å²) in [5, 5.41) is -0.613. The smallest absolute Gasteiger partial charge is 0.252 e. The maximum atomic E-state index is 13.4. The Kier molecular flexibility index (Phi) is 2.65. The Labute approximate surface area is 92.6 Å². The van der Waals surface area contributed by atoms with Crippen LogP contribution in [0.5, 0.6) is 0 Å². The van der Waals surface area contributed by atoms with Crippen LogP contribution >= 0.6 is 11.6 Å². The van der Waals surface area contributed by atoms with Crippen LogP contribution in [0.2, 0.25) is 0 Å². The molecule has 2 rings (SSSR count). The minimum absolute atomic E-state index is 0.0270. The van der Waals surface area contributed by atoms with E-state index in [1.165, 1.54) is 4.90 Å². The molecule has 0 unspecified atom stereocenters. The fourth-order valence-corrected chi connectivity index (χ4v) is 2.77. The van der Waals surface area contributed by atoms with Crippen molar-refractivity contribution in [1.82, 2.24) is 4.90 Å². The third kappa shape index (κ3) is 1.84. The molecule has 15 heavy (non-hydrogen) atoms. The molecule has 2 fully saturated rings. The van der Waals surface area contributed by atoms with Crippen molar-refractivity contribution >= 4 is 17.5 Å². The van der Waals surface area contributed by atoms with Crippen molar-refractivity contribution in [1.29, 1.82) is 0 Å². The van der Waals surface area contributed by atoms with Crippen LogP contribution < -0.4 is 0 Å². The van der Waals surface area contributed by atoms with Gasteiger partial charge in [-0.3, -0.25) is 4.79 Å². The van der Waals surface area contributed by atoms with Gasteiger partial charge < -0.3 is 4.90 Å². The number of carbonyl (C=O) groups excluding carboxylic acids is 1. The average molecular weight is 238 g/mol. The topological polar surface area (TPSA) is 20.3 Å². The quantitative estimate of drug-likeness (QED) is 0.640. The molecular weight excluding hydrogens is 224 g/mol. The molecule has 0 radical (unpaired) electrons. The molecule has 0 aromatic rings. The number of hydrogen-bond donors (Lipinski definition) is 0. The molecule has 0 N–H and O–H groups in total. The van der Waals surface area contributed by atoms with E-state index in [9.17, 15) is 13.6 Å². The average Bonchev–Trinajstić information content (AvgIpc) is 2.66. The zero-order valence-electron chi connectivity index (χ0n) is 8.55. The normalized spacial score (nSPS) is 35.3. The Morgan fingerprint density at radius 3 is 2.73 bits per heavy atom. The van der Waals surface area contributed by atoms with Crippen LogP contribution in [-0.4, -0.2) is 35.2 Å². The number of nitrogens with zero attached hydrogens (tertiary/aromatic N) is 1. The molecule has 1 saturated heterocycles. The third-order valence-corrected chi connectivity index (χ3v) is 3.67. The lowest BCUT2D eigenvalue weighted by Gasteiger charge is -2.21. The number of alkyl halides is 3. The third-order valence-electron chi connectivity index (χ3n) is 3.48. The van der Waals surface area contributed by atoms with E-state index >= 15 is 0 Å². The molecule has 0 aromatic heterocycles. The van der Waals surface area contributed by atoms with E-state index in [4.69, 9.17) is 11.6 Å². The zero-order chi connectivity index (χ0) is 11.2. The van der Waals surface area contributed by atoms with Crippen molar-refractivity contribution in [3.05, 3.63) is 0 Å². The minimum Gasteiger partial charge on any atom is -0.341 e. The van der Waals surface area contributed by atoms with Gasteiger partial charge in [-0.15, -0.1) is 11.6 Å². The molecule has 1 saturated carbocycles. The monoisotopic (exact) mass is 237 g/mol. The van der Waals surface area contributed by atoms with Crippen LogP contribution in [0.4, 0.5) is 8.78 Å². The first-order valence-corrected chi connectivity index (χ1v) is 5.66. The second kappa shape index (κ2) is 3.58. The van der Waals surface area contributed by atoms with Gasteiger partial charge >= 0.3 is 0 Å². The van der Waals surface area contributed by atoms with Gasteiger partial charge in [0, 0.05) is 25.4 Å². The summed E-state index contributed by atoms with van der Waals surface area (Å²) in [6.07, 6.45) is 0.499. The zero-order valence-corrected chi connectivity index (χ0v) is 9.31. The maximum Gasteiger partial charge on any atom is 0.252 e. The van der Waals surface area contributed by atoms with Gasteiger partial charge in [0.25, 0.3) is 5.92 Å². The molecule has 0 aromatic carbocycles. The number of fused-ring (bicyclic) bond motifs is 1. The minimum atomic E-state index is -2.59. The summed E-state index contributed by atoms with van der Waals surface area (Å²) in [6, 6.07) is 0. The van der Waals surface area contributed by atoms with Crippen LogP contribution in [0.3, 0.4) is 0 Å². The van der Waals surface area contributed by atoms with E-state index in [0.717, 1.165) is 0 Å². The largest absolute Gasteiger partial charge is 0.341 e. The van der Waals surface area contributed by atoms with Gasteiger partial charge in [0.1, 0.15) is 5.38 Å². The van der Waals surface area contributed by atoms with E-state index < -0.39 is 17.2 Å². The van der Waals surface area contributed by atoms with Crippen LogP contribution in [0.15, 0.2) is 0 Å². The highest BCUT2D eigenvalue weighted by atomic mass is 35.5. The second-order valence-corrected chi connectivity index (χ2v) is 5.18. The number of hydrogen-bond acceptors (Lipinski definition) is 1. The fraction of sp³-hybridized carbons (Fsp3) is 0.900. The van der Waals surface area contributed by atoms with E-state index in [0.29, 0.717) is 13.0 Å². The molecule has 2 nitrogen and oxygen atoms in total. The van der Waals surface area contributed by atoms with Gasteiger partial charge in [0.15, 0.2) is 0 Å². The molecule has 1 aliphatic heterocycles. The molecule has 2 aliphatic rings. The summed E-state index contributed by atoms with van der Waals surface area (Å²) >= 11 is 5.66. The highest BCUT2D eigenvalue weighted by Crippen LogP contribution is 2.48. The predicted octanol–water partition coefficient (Wildman–Crippen LogP) is 2.12. The molecule has 1 aliphatic carbocycles. The molecule has 0 spiro atoms. The van der Waals surface area contributed by atoms with Crippen molar-refractivity contribution in [2.45, 2.75) is 31.1 Å². The van der Waals surface area contributed by atoms with Gasteiger partial charge in [-0.05, 0) is 19.3 Å². The van der Waals surface area contributed by atoms with Crippen molar-refractivity contribution in [3.8, 4) is 0 Å². The Morgan fingerprint density at radius 2 is 2.20 bits per heavy atom. The molecule has 1 amide bonds.